The molecule has 0 saturated carbocycles. The van der Waals surface area contributed by atoms with Crippen LogP contribution in [0.2, 0.25) is 0 Å². The zero-order valence-corrected chi connectivity index (χ0v) is 16.0. The normalized spacial score (nSPS) is 11.0. The standard InChI is InChI=1S/C20H23N3OS/c1-6-11-23(13-16-9-7-15(12-21)8-10-16)18(24)17-14(2)22-19(25-17)20(3,4)5/h6-10H,1,11,13H2,2-5H3. The lowest BCUT2D eigenvalue weighted by Gasteiger charge is -2.21. The molecule has 0 saturated heterocycles. The first kappa shape index (κ1) is 18.9. The average molecular weight is 353 g/mol. The molecule has 0 spiro atoms. The van der Waals surface area contributed by atoms with E-state index < -0.39 is 0 Å². The molecule has 1 aromatic carbocycles. The van der Waals surface area contributed by atoms with E-state index in [4.69, 9.17) is 5.26 Å². The number of carbonyl (C=O) groups excluding carboxylic acids is 1. The van der Waals surface area contributed by atoms with Gasteiger partial charge in [0.05, 0.1) is 22.3 Å². The number of carbonyl (C=O) groups is 1. The topological polar surface area (TPSA) is 57.0 Å². The Balaban J connectivity index is 2.27. The SMILES string of the molecule is C=CCN(Cc1ccc(C#N)cc1)C(=O)c1sc(C(C)(C)C)nc1C. The first-order valence-corrected chi connectivity index (χ1v) is 8.95. The van der Waals surface area contributed by atoms with E-state index in [1.54, 1.807) is 23.1 Å². The van der Waals surface area contributed by atoms with Crippen molar-refractivity contribution in [3.05, 3.63) is 63.6 Å². The Labute approximate surface area is 153 Å². The van der Waals surface area contributed by atoms with Crippen LogP contribution in [-0.4, -0.2) is 22.3 Å². The second-order valence-corrected chi connectivity index (χ2v) is 7.97. The fourth-order valence-corrected chi connectivity index (χ4v) is 3.43. The molecule has 0 atom stereocenters. The van der Waals surface area contributed by atoms with Crippen molar-refractivity contribution in [2.45, 2.75) is 39.7 Å². The Hall–Kier alpha value is -2.45. The molecule has 5 heteroatoms. The highest BCUT2D eigenvalue weighted by molar-refractivity contribution is 7.14. The zero-order chi connectivity index (χ0) is 18.6. The Morgan fingerprint density at radius 1 is 1.36 bits per heavy atom. The van der Waals surface area contributed by atoms with Crippen LogP contribution in [-0.2, 0) is 12.0 Å². The van der Waals surface area contributed by atoms with Crippen molar-refractivity contribution in [1.82, 2.24) is 9.88 Å². The number of hydrogen-bond donors (Lipinski definition) is 0. The number of aromatic nitrogens is 1. The third-order valence-electron chi connectivity index (χ3n) is 3.73. The number of benzene rings is 1. The summed E-state index contributed by atoms with van der Waals surface area (Å²) >= 11 is 1.47. The summed E-state index contributed by atoms with van der Waals surface area (Å²) in [6, 6.07) is 9.39. The third kappa shape index (κ3) is 4.55. The van der Waals surface area contributed by atoms with Crippen LogP contribution in [0.3, 0.4) is 0 Å². The van der Waals surface area contributed by atoms with Crippen LogP contribution in [0.25, 0.3) is 0 Å². The molecular formula is C20H23N3OS. The number of rotatable bonds is 5. The Kier molecular flexibility index (Phi) is 5.76. The van der Waals surface area contributed by atoms with Gasteiger partial charge in [0.1, 0.15) is 4.88 Å². The number of amides is 1. The van der Waals surface area contributed by atoms with Crippen LogP contribution in [0.1, 0.15) is 52.3 Å². The van der Waals surface area contributed by atoms with Crippen molar-refractivity contribution in [2.75, 3.05) is 6.54 Å². The highest BCUT2D eigenvalue weighted by atomic mass is 32.1. The smallest absolute Gasteiger partial charge is 0.266 e. The van der Waals surface area contributed by atoms with Gasteiger partial charge in [0, 0.05) is 18.5 Å². The quantitative estimate of drug-likeness (QED) is 0.746. The van der Waals surface area contributed by atoms with Gasteiger partial charge in [-0.05, 0) is 24.6 Å². The Morgan fingerprint density at radius 3 is 2.48 bits per heavy atom. The molecule has 0 aliphatic heterocycles. The van der Waals surface area contributed by atoms with Gasteiger partial charge < -0.3 is 4.90 Å². The predicted octanol–water partition coefficient (Wildman–Crippen LogP) is 4.45. The third-order valence-corrected chi connectivity index (χ3v) is 5.30. The summed E-state index contributed by atoms with van der Waals surface area (Å²) in [5.74, 6) is -0.0326. The van der Waals surface area contributed by atoms with Gasteiger partial charge in [-0.3, -0.25) is 4.79 Å². The van der Waals surface area contributed by atoms with Crippen molar-refractivity contribution >= 4 is 17.2 Å². The van der Waals surface area contributed by atoms with Crippen molar-refractivity contribution in [1.29, 1.82) is 5.26 Å². The summed E-state index contributed by atoms with van der Waals surface area (Å²) < 4.78 is 0. The van der Waals surface area contributed by atoms with Crippen LogP contribution < -0.4 is 0 Å². The van der Waals surface area contributed by atoms with Crippen molar-refractivity contribution in [3.63, 3.8) is 0 Å². The van der Waals surface area contributed by atoms with Crippen molar-refractivity contribution in [2.24, 2.45) is 0 Å². The van der Waals surface area contributed by atoms with Gasteiger partial charge in [-0.15, -0.1) is 17.9 Å². The van der Waals surface area contributed by atoms with Crippen LogP contribution in [0.4, 0.5) is 0 Å². The lowest BCUT2D eigenvalue weighted by atomic mass is 9.98. The van der Waals surface area contributed by atoms with Gasteiger partial charge in [0.25, 0.3) is 5.91 Å². The lowest BCUT2D eigenvalue weighted by Crippen LogP contribution is -2.30. The summed E-state index contributed by atoms with van der Waals surface area (Å²) in [5.41, 5.74) is 2.28. The van der Waals surface area contributed by atoms with E-state index in [1.807, 2.05) is 19.1 Å². The molecule has 0 aliphatic rings. The molecule has 0 aliphatic carbocycles. The molecule has 1 aromatic heterocycles. The molecule has 4 nitrogen and oxygen atoms in total. The van der Waals surface area contributed by atoms with Crippen LogP contribution in [0.15, 0.2) is 36.9 Å². The lowest BCUT2D eigenvalue weighted by molar-refractivity contribution is 0.0766. The highest BCUT2D eigenvalue weighted by Crippen LogP contribution is 2.30. The molecule has 0 fully saturated rings. The molecule has 2 aromatic rings. The van der Waals surface area contributed by atoms with Crippen LogP contribution in [0.5, 0.6) is 0 Å². The van der Waals surface area contributed by atoms with Gasteiger partial charge >= 0.3 is 0 Å². The van der Waals surface area contributed by atoms with E-state index in [2.05, 4.69) is 38.4 Å². The minimum absolute atomic E-state index is 0.0326. The first-order valence-electron chi connectivity index (χ1n) is 8.13. The summed E-state index contributed by atoms with van der Waals surface area (Å²) in [6.07, 6.45) is 1.72. The van der Waals surface area contributed by atoms with E-state index in [1.165, 1.54) is 11.3 Å². The van der Waals surface area contributed by atoms with Crippen molar-refractivity contribution in [3.8, 4) is 6.07 Å². The number of aryl methyl sites for hydroxylation is 1. The highest BCUT2D eigenvalue weighted by Gasteiger charge is 2.25. The van der Waals surface area contributed by atoms with E-state index in [0.29, 0.717) is 23.5 Å². The Morgan fingerprint density at radius 2 is 2.00 bits per heavy atom. The Bertz CT molecular complexity index is 807. The second kappa shape index (κ2) is 7.62. The number of thiazole rings is 1. The molecule has 2 rings (SSSR count). The van der Waals surface area contributed by atoms with Crippen molar-refractivity contribution < 1.29 is 4.79 Å². The van der Waals surface area contributed by atoms with E-state index in [-0.39, 0.29) is 11.3 Å². The fourth-order valence-electron chi connectivity index (χ4n) is 2.34. The predicted molar refractivity (Wildman–Crippen MR) is 102 cm³/mol. The van der Waals surface area contributed by atoms with Crippen LogP contribution in [0, 0.1) is 18.3 Å². The molecule has 130 valence electrons. The number of hydrogen-bond acceptors (Lipinski definition) is 4. The maximum Gasteiger partial charge on any atom is 0.266 e. The van der Waals surface area contributed by atoms with Gasteiger partial charge in [-0.2, -0.15) is 5.26 Å². The molecule has 0 radical (unpaired) electrons. The largest absolute Gasteiger partial charge is 0.330 e. The molecule has 0 unspecified atom stereocenters. The zero-order valence-electron chi connectivity index (χ0n) is 15.2. The first-order chi connectivity index (χ1) is 11.8. The van der Waals surface area contributed by atoms with E-state index in [9.17, 15) is 4.79 Å². The maximum absolute atomic E-state index is 13.0. The maximum atomic E-state index is 13.0. The van der Waals surface area contributed by atoms with Gasteiger partial charge in [0.15, 0.2) is 0 Å². The van der Waals surface area contributed by atoms with Gasteiger partial charge in [0.2, 0.25) is 0 Å². The molecule has 0 N–H and O–H groups in total. The van der Waals surface area contributed by atoms with E-state index in [0.717, 1.165) is 16.3 Å². The van der Waals surface area contributed by atoms with E-state index >= 15 is 0 Å². The van der Waals surface area contributed by atoms with Gasteiger partial charge in [-0.25, -0.2) is 4.98 Å². The second-order valence-electron chi connectivity index (χ2n) is 6.97. The average Bonchev–Trinajstić information content (AvgIpc) is 2.96. The molecule has 0 bridgehead atoms. The molecule has 25 heavy (non-hydrogen) atoms. The summed E-state index contributed by atoms with van der Waals surface area (Å²) in [5, 5.41) is 9.86. The fraction of sp³-hybridized carbons (Fsp3) is 0.350. The number of nitriles is 1. The molecule has 1 amide bonds. The summed E-state index contributed by atoms with van der Waals surface area (Å²) in [7, 11) is 0. The number of nitrogens with zero attached hydrogens (tertiary/aromatic N) is 3. The minimum atomic E-state index is -0.0790. The summed E-state index contributed by atoms with van der Waals surface area (Å²) in [6.45, 7) is 12.9. The minimum Gasteiger partial charge on any atom is -0.330 e. The molecule has 1 heterocycles. The van der Waals surface area contributed by atoms with Crippen LogP contribution >= 0.6 is 11.3 Å². The monoisotopic (exact) mass is 353 g/mol. The molecular weight excluding hydrogens is 330 g/mol. The van der Waals surface area contributed by atoms with Gasteiger partial charge in [-0.1, -0.05) is 39.0 Å². The summed E-state index contributed by atoms with van der Waals surface area (Å²) in [4.78, 5) is 20.0.